The molecule has 1 aliphatic rings. The summed E-state index contributed by atoms with van der Waals surface area (Å²) in [4.78, 5) is 8.30. The molecule has 1 heterocycles. The minimum absolute atomic E-state index is 0.544. The van der Waals surface area contributed by atoms with Gasteiger partial charge in [0.05, 0.1) is 6.54 Å². The molecule has 3 N–H and O–H groups in total. The summed E-state index contributed by atoms with van der Waals surface area (Å²) in [7, 11) is 0. The van der Waals surface area contributed by atoms with E-state index in [0.717, 1.165) is 24.8 Å². The van der Waals surface area contributed by atoms with Crippen LogP contribution in [0.1, 0.15) is 37.9 Å². The normalized spacial score (nSPS) is 16.8. The van der Waals surface area contributed by atoms with Gasteiger partial charge in [-0.05, 0) is 24.9 Å². The Morgan fingerprint density at radius 1 is 1.38 bits per heavy atom. The summed E-state index contributed by atoms with van der Waals surface area (Å²) < 4.78 is 0. The fraction of sp³-hybridized carbons (Fsp3) is 0.667. The molecule has 0 aromatic carbocycles. The first-order valence-corrected chi connectivity index (χ1v) is 6.13. The molecule has 1 aromatic heterocycles. The molecule has 1 aliphatic carbocycles. The first-order chi connectivity index (χ1) is 7.84. The van der Waals surface area contributed by atoms with Crippen LogP contribution in [-0.2, 0) is 6.54 Å². The van der Waals surface area contributed by atoms with Crippen LogP contribution in [0.3, 0.4) is 0 Å². The molecule has 1 saturated carbocycles. The Hall–Kier alpha value is -1.16. The second-order valence-corrected chi connectivity index (χ2v) is 4.51. The van der Waals surface area contributed by atoms with Crippen molar-refractivity contribution in [2.24, 2.45) is 5.92 Å². The highest BCUT2D eigenvalue weighted by molar-refractivity contribution is 5.24. The zero-order valence-electron chi connectivity index (χ0n) is 9.65. The van der Waals surface area contributed by atoms with E-state index in [-0.39, 0.29) is 0 Å². The Morgan fingerprint density at radius 2 is 2.19 bits per heavy atom. The predicted octanol–water partition coefficient (Wildman–Crippen LogP) is 1.73. The summed E-state index contributed by atoms with van der Waals surface area (Å²) >= 11 is 0. The van der Waals surface area contributed by atoms with Crippen LogP contribution in [-0.4, -0.2) is 16.5 Å². The van der Waals surface area contributed by atoms with Gasteiger partial charge >= 0.3 is 0 Å². The van der Waals surface area contributed by atoms with Crippen molar-refractivity contribution in [3.63, 3.8) is 0 Å². The third kappa shape index (κ3) is 3.45. The molecule has 1 fully saturated rings. The van der Waals surface area contributed by atoms with Gasteiger partial charge in [0.15, 0.2) is 0 Å². The quantitative estimate of drug-likeness (QED) is 0.742. The number of hydrogen-bond acceptors (Lipinski definition) is 4. The molecule has 0 unspecified atom stereocenters. The number of nitrogens with two attached hydrogens (primary N) is 1. The average molecular weight is 220 g/mol. The first-order valence-electron chi connectivity index (χ1n) is 6.13. The Bertz CT molecular complexity index is 321. The van der Waals surface area contributed by atoms with E-state index < -0.39 is 0 Å². The van der Waals surface area contributed by atoms with Gasteiger partial charge in [-0.15, -0.1) is 0 Å². The van der Waals surface area contributed by atoms with Crippen molar-refractivity contribution < 1.29 is 0 Å². The van der Waals surface area contributed by atoms with Crippen LogP contribution >= 0.6 is 0 Å². The Labute approximate surface area is 96.7 Å². The molecular weight excluding hydrogens is 200 g/mol. The predicted molar refractivity (Wildman–Crippen MR) is 64.7 cm³/mol. The minimum atomic E-state index is 0.544. The van der Waals surface area contributed by atoms with E-state index in [1.54, 1.807) is 12.3 Å². The summed E-state index contributed by atoms with van der Waals surface area (Å²) in [6, 6.07) is 1.71. The van der Waals surface area contributed by atoms with Crippen LogP contribution in [0.2, 0.25) is 0 Å². The molecule has 0 atom stereocenters. The molecule has 0 bridgehead atoms. The van der Waals surface area contributed by atoms with Crippen molar-refractivity contribution in [3.05, 3.63) is 18.1 Å². The van der Waals surface area contributed by atoms with Gasteiger partial charge in [-0.25, -0.2) is 9.97 Å². The van der Waals surface area contributed by atoms with Gasteiger partial charge in [-0.1, -0.05) is 25.7 Å². The maximum absolute atomic E-state index is 5.58. The molecule has 0 amide bonds. The van der Waals surface area contributed by atoms with Crippen molar-refractivity contribution in [3.8, 4) is 0 Å². The molecule has 1 aromatic rings. The van der Waals surface area contributed by atoms with E-state index in [2.05, 4.69) is 15.3 Å². The molecule has 0 radical (unpaired) electrons. The number of nitrogen functional groups attached to an aromatic ring is 1. The summed E-state index contributed by atoms with van der Waals surface area (Å²) in [6.07, 6.45) is 8.65. The maximum Gasteiger partial charge on any atom is 0.144 e. The van der Waals surface area contributed by atoms with Crippen LogP contribution in [0, 0.1) is 5.92 Å². The molecule has 4 heteroatoms. The molecule has 88 valence electrons. The van der Waals surface area contributed by atoms with E-state index in [0.29, 0.717) is 5.82 Å². The third-order valence-electron chi connectivity index (χ3n) is 3.21. The van der Waals surface area contributed by atoms with E-state index >= 15 is 0 Å². The zero-order chi connectivity index (χ0) is 11.2. The van der Waals surface area contributed by atoms with Crippen LogP contribution < -0.4 is 11.1 Å². The van der Waals surface area contributed by atoms with Crippen molar-refractivity contribution in [1.29, 1.82) is 0 Å². The molecule has 16 heavy (non-hydrogen) atoms. The number of rotatable bonds is 5. The van der Waals surface area contributed by atoms with Gasteiger partial charge in [0.2, 0.25) is 0 Å². The van der Waals surface area contributed by atoms with Gasteiger partial charge in [0, 0.05) is 6.20 Å². The van der Waals surface area contributed by atoms with E-state index in [1.807, 2.05) is 0 Å². The monoisotopic (exact) mass is 220 g/mol. The first kappa shape index (κ1) is 11.3. The second-order valence-electron chi connectivity index (χ2n) is 4.51. The summed E-state index contributed by atoms with van der Waals surface area (Å²) in [5.74, 6) is 2.27. The van der Waals surface area contributed by atoms with Gasteiger partial charge in [-0.2, -0.15) is 0 Å². The Kier molecular flexibility index (Phi) is 4.10. The van der Waals surface area contributed by atoms with Crippen LogP contribution in [0.15, 0.2) is 12.3 Å². The van der Waals surface area contributed by atoms with Crippen LogP contribution in [0.4, 0.5) is 5.82 Å². The molecule has 0 aliphatic heterocycles. The molecular formula is C12H20N4. The summed E-state index contributed by atoms with van der Waals surface area (Å²) in [5, 5.41) is 3.38. The van der Waals surface area contributed by atoms with Crippen LogP contribution in [0.25, 0.3) is 0 Å². The molecule has 0 saturated heterocycles. The highest BCUT2D eigenvalue weighted by atomic mass is 15.0. The standard InChI is InChI=1S/C12H20N4/c13-11-6-8-15-12(16-11)9-14-7-5-10-3-1-2-4-10/h6,8,10,14H,1-5,7,9H2,(H2,13,15,16). The van der Waals surface area contributed by atoms with Crippen molar-refractivity contribution >= 4 is 5.82 Å². The summed E-state index contributed by atoms with van der Waals surface area (Å²) in [6.45, 7) is 1.78. The highest BCUT2D eigenvalue weighted by Crippen LogP contribution is 2.26. The smallest absolute Gasteiger partial charge is 0.144 e. The second kappa shape index (κ2) is 5.80. The largest absolute Gasteiger partial charge is 0.384 e. The molecule has 0 spiro atoms. The lowest BCUT2D eigenvalue weighted by molar-refractivity contribution is 0.474. The van der Waals surface area contributed by atoms with E-state index in [9.17, 15) is 0 Å². The topological polar surface area (TPSA) is 63.8 Å². The van der Waals surface area contributed by atoms with Gasteiger partial charge in [0.25, 0.3) is 0 Å². The molecule has 2 rings (SSSR count). The lowest BCUT2D eigenvalue weighted by Gasteiger charge is -2.09. The number of nitrogens with zero attached hydrogens (tertiary/aromatic N) is 2. The van der Waals surface area contributed by atoms with Crippen molar-refractivity contribution in [1.82, 2.24) is 15.3 Å². The maximum atomic E-state index is 5.58. The summed E-state index contributed by atoms with van der Waals surface area (Å²) in [5.41, 5.74) is 5.58. The molecule has 4 nitrogen and oxygen atoms in total. The van der Waals surface area contributed by atoms with Gasteiger partial charge < -0.3 is 11.1 Å². The zero-order valence-corrected chi connectivity index (χ0v) is 9.65. The number of anilines is 1. The third-order valence-corrected chi connectivity index (χ3v) is 3.21. The fourth-order valence-electron chi connectivity index (χ4n) is 2.31. The lowest BCUT2D eigenvalue weighted by atomic mass is 10.0. The Morgan fingerprint density at radius 3 is 2.94 bits per heavy atom. The number of hydrogen-bond donors (Lipinski definition) is 2. The Balaban J connectivity index is 1.64. The van der Waals surface area contributed by atoms with Crippen molar-refractivity contribution in [2.75, 3.05) is 12.3 Å². The minimum Gasteiger partial charge on any atom is -0.384 e. The SMILES string of the molecule is Nc1ccnc(CNCCC2CCCC2)n1. The highest BCUT2D eigenvalue weighted by Gasteiger charge is 2.13. The number of nitrogens with one attached hydrogen (secondary N) is 1. The fourth-order valence-corrected chi connectivity index (χ4v) is 2.31. The van der Waals surface area contributed by atoms with Gasteiger partial charge in [0.1, 0.15) is 11.6 Å². The van der Waals surface area contributed by atoms with E-state index in [1.165, 1.54) is 32.1 Å². The number of aromatic nitrogens is 2. The van der Waals surface area contributed by atoms with E-state index in [4.69, 9.17) is 5.73 Å². The van der Waals surface area contributed by atoms with Crippen LogP contribution in [0.5, 0.6) is 0 Å². The van der Waals surface area contributed by atoms with Crippen molar-refractivity contribution in [2.45, 2.75) is 38.6 Å². The average Bonchev–Trinajstić information content (AvgIpc) is 2.77. The lowest BCUT2D eigenvalue weighted by Crippen LogP contribution is -2.18. The van der Waals surface area contributed by atoms with Gasteiger partial charge in [-0.3, -0.25) is 0 Å².